The highest BCUT2D eigenvalue weighted by Gasteiger charge is 2.32. The zero-order valence-electron chi connectivity index (χ0n) is 19.1. The van der Waals surface area contributed by atoms with Crippen LogP contribution in [0.15, 0.2) is 77.7 Å². The number of carboxylic acids is 1. The van der Waals surface area contributed by atoms with Crippen molar-refractivity contribution in [1.82, 2.24) is 3.97 Å². The molecule has 36 heavy (non-hydrogen) atoms. The average Bonchev–Trinajstić information content (AvgIpc) is 3.20. The van der Waals surface area contributed by atoms with Gasteiger partial charge in [0.1, 0.15) is 5.75 Å². The third-order valence-corrected chi connectivity index (χ3v) is 7.36. The number of aromatic nitrogens is 1. The Kier molecular flexibility index (Phi) is 6.81. The normalized spacial score (nSPS) is 12.1. The van der Waals surface area contributed by atoms with Crippen LogP contribution in [-0.4, -0.2) is 30.1 Å². The van der Waals surface area contributed by atoms with Gasteiger partial charge in [-0.3, -0.25) is 0 Å². The summed E-state index contributed by atoms with van der Waals surface area (Å²) in [5.41, 5.74) is 0.107. The Balaban J connectivity index is 1.83. The fourth-order valence-corrected chi connectivity index (χ4v) is 5.38. The Labute approximate surface area is 205 Å². The van der Waals surface area contributed by atoms with Crippen molar-refractivity contribution in [3.8, 4) is 5.75 Å². The van der Waals surface area contributed by atoms with Gasteiger partial charge in [0.15, 0.2) is 0 Å². The highest BCUT2D eigenvalue weighted by Crippen LogP contribution is 2.34. The Bertz CT molecular complexity index is 1510. The first-order valence-corrected chi connectivity index (χ1v) is 12.5. The van der Waals surface area contributed by atoms with Gasteiger partial charge in [0.25, 0.3) is 10.0 Å². The lowest BCUT2D eigenvalue weighted by Crippen LogP contribution is -2.16. The summed E-state index contributed by atoms with van der Waals surface area (Å²) < 4.78 is 73.9. The summed E-state index contributed by atoms with van der Waals surface area (Å²) in [5.74, 6) is -0.606. The molecule has 0 amide bonds. The molecule has 0 aliphatic rings. The Morgan fingerprint density at radius 2 is 1.64 bits per heavy atom. The second-order valence-corrected chi connectivity index (χ2v) is 9.96. The van der Waals surface area contributed by atoms with Crippen LogP contribution in [-0.2, 0) is 22.6 Å². The molecule has 4 rings (SSSR count). The van der Waals surface area contributed by atoms with E-state index in [9.17, 15) is 26.4 Å². The van der Waals surface area contributed by atoms with Gasteiger partial charge in [0.2, 0.25) is 0 Å². The van der Waals surface area contributed by atoms with Crippen molar-refractivity contribution in [2.75, 3.05) is 6.61 Å². The second-order valence-electron chi connectivity index (χ2n) is 8.18. The maximum Gasteiger partial charge on any atom is 0.416 e. The molecule has 0 fully saturated rings. The summed E-state index contributed by atoms with van der Waals surface area (Å²) in [4.78, 5) is 11.1. The number of aromatic carboxylic acids is 1. The monoisotopic (exact) mass is 517 g/mol. The Hall–Kier alpha value is -3.79. The summed E-state index contributed by atoms with van der Waals surface area (Å²) in [7, 11) is -4.19. The van der Waals surface area contributed by atoms with Crippen molar-refractivity contribution in [1.29, 1.82) is 0 Å². The fourth-order valence-electron chi connectivity index (χ4n) is 3.84. The van der Waals surface area contributed by atoms with E-state index in [0.717, 1.165) is 28.6 Å². The highest BCUT2D eigenvalue weighted by molar-refractivity contribution is 7.90. The molecule has 1 heterocycles. The summed E-state index contributed by atoms with van der Waals surface area (Å²) in [6.07, 6.45) is -3.75. The zero-order valence-corrected chi connectivity index (χ0v) is 19.9. The molecule has 4 aromatic rings. The molecule has 0 unspecified atom stereocenters. The molecule has 0 spiro atoms. The number of hydrogen-bond acceptors (Lipinski definition) is 4. The number of carbonyl (C=O) groups is 1. The number of rotatable bonds is 8. The third-order valence-electron chi connectivity index (χ3n) is 5.58. The van der Waals surface area contributed by atoms with Gasteiger partial charge in [-0.2, -0.15) is 13.2 Å². The lowest BCUT2D eigenvalue weighted by molar-refractivity contribution is -0.137. The fraction of sp³-hybridized carbons (Fsp3) is 0.192. The quantitative estimate of drug-likeness (QED) is 0.311. The lowest BCUT2D eigenvalue weighted by Gasteiger charge is -2.14. The number of alkyl halides is 3. The Morgan fingerprint density at radius 1 is 0.972 bits per heavy atom. The first-order chi connectivity index (χ1) is 17.0. The van der Waals surface area contributed by atoms with Crippen LogP contribution in [0.1, 0.15) is 40.5 Å². The lowest BCUT2D eigenvalue weighted by atomic mass is 10.1. The molecule has 0 aliphatic carbocycles. The average molecular weight is 518 g/mol. The molecular weight excluding hydrogens is 495 g/mol. The minimum absolute atomic E-state index is 0.0485. The van der Waals surface area contributed by atoms with Crippen LogP contribution < -0.4 is 4.74 Å². The minimum Gasteiger partial charge on any atom is -0.494 e. The van der Waals surface area contributed by atoms with Crippen molar-refractivity contribution in [2.45, 2.75) is 30.8 Å². The van der Waals surface area contributed by atoms with Crippen molar-refractivity contribution in [3.63, 3.8) is 0 Å². The van der Waals surface area contributed by atoms with Gasteiger partial charge in [-0.1, -0.05) is 19.1 Å². The summed E-state index contributed by atoms with van der Waals surface area (Å²) in [5, 5.41) is 9.23. The third kappa shape index (κ3) is 5.08. The summed E-state index contributed by atoms with van der Waals surface area (Å²) in [6, 6.07) is 16.0. The molecule has 10 heteroatoms. The van der Waals surface area contributed by atoms with E-state index in [-0.39, 0.29) is 33.5 Å². The number of ether oxygens (including phenoxy) is 1. The van der Waals surface area contributed by atoms with Gasteiger partial charge in [-0.05, 0) is 72.6 Å². The first kappa shape index (κ1) is 25.3. The number of nitrogens with zero attached hydrogens (tertiary/aromatic N) is 1. The van der Waals surface area contributed by atoms with E-state index in [1.165, 1.54) is 42.5 Å². The SMILES string of the molecule is CCCOc1ccc(S(=O)(=O)n2c(Cc3ccc(C(=O)O)cc3)cc3cc(C(F)(F)F)ccc32)cc1. The molecule has 0 bridgehead atoms. The van der Waals surface area contributed by atoms with Crippen LogP contribution in [0.25, 0.3) is 10.9 Å². The van der Waals surface area contributed by atoms with Crippen LogP contribution in [0.4, 0.5) is 13.2 Å². The summed E-state index contributed by atoms with van der Waals surface area (Å²) >= 11 is 0. The highest BCUT2D eigenvalue weighted by atomic mass is 32.2. The molecule has 0 atom stereocenters. The van der Waals surface area contributed by atoms with E-state index in [1.54, 1.807) is 12.1 Å². The van der Waals surface area contributed by atoms with E-state index in [1.807, 2.05) is 6.92 Å². The van der Waals surface area contributed by atoms with E-state index < -0.39 is 27.7 Å². The minimum atomic E-state index is -4.59. The second kappa shape index (κ2) is 9.69. The van der Waals surface area contributed by atoms with E-state index in [0.29, 0.717) is 17.9 Å². The van der Waals surface area contributed by atoms with Crippen LogP contribution in [0.3, 0.4) is 0 Å². The van der Waals surface area contributed by atoms with E-state index in [4.69, 9.17) is 9.84 Å². The van der Waals surface area contributed by atoms with Gasteiger partial charge in [0.05, 0.1) is 28.1 Å². The largest absolute Gasteiger partial charge is 0.494 e. The maximum absolute atomic E-state index is 13.7. The molecule has 3 aromatic carbocycles. The van der Waals surface area contributed by atoms with Gasteiger partial charge in [-0.25, -0.2) is 17.2 Å². The standard InChI is InChI=1S/C26H22F3NO5S/c1-2-13-35-22-8-10-23(11-9-22)36(33,34)30-21(14-17-3-5-18(6-4-17)25(31)32)16-19-15-20(26(27,28)29)7-12-24(19)30/h3-12,15-16H,2,13-14H2,1H3,(H,31,32). The van der Waals surface area contributed by atoms with Gasteiger partial charge >= 0.3 is 12.1 Å². The molecule has 0 radical (unpaired) electrons. The van der Waals surface area contributed by atoms with Gasteiger partial charge in [0, 0.05) is 17.5 Å². The molecular formula is C26H22F3NO5S. The van der Waals surface area contributed by atoms with Crippen molar-refractivity contribution in [3.05, 3.63) is 95.2 Å². The molecule has 0 aliphatic heterocycles. The van der Waals surface area contributed by atoms with Crippen molar-refractivity contribution in [2.24, 2.45) is 0 Å². The summed E-state index contributed by atoms with van der Waals surface area (Å²) in [6.45, 7) is 2.41. The predicted molar refractivity (Wildman–Crippen MR) is 128 cm³/mol. The van der Waals surface area contributed by atoms with E-state index in [2.05, 4.69) is 0 Å². The van der Waals surface area contributed by atoms with Crippen LogP contribution >= 0.6 is 0 Å². The van der Waals surface area contributed by atoms with Gasteiger partial charge in [-0.15, -0.1) is 0 Å². The Morgan fingerprint density at radius 3 is 2.22 bits per heavy atom. The number of halogens is 3. The smallest absolute Gasteiger partial charge is 0.416 e. The first-order valence-electron chi connectivity index (χ1n) is 11.0. The topological polar surface area (TPSA) is 85.6 Å². The van der Waals surface area contributed by atoms with E-state index >= 15 is 0 Å². The maximum atomic E-state index is 13.7. The zero-order chi connectivity index (χ0) is 26.1. The molecule has 6 nitrogen and oxygen atoms in total. The number of carboxylic acid groups (broad SMARTS) is 1. The molecule has 0 saturated carbocycles. The number of benzene rings is 3. The van der Waals surface area contributed by atoms with Crippen LogP contribution in [0.5, 0.6) is 5.75 Å². The van der Waals surface area contributed by atoms with Gasteiger partial charge < -0.3 is 9.84 Å². The van der Waals surface area contributed by atoms with Crippen molar-refractivity contribution < 1.29 is 36.2 Å². The molecule has 1 aromatic heterocycles. The molecule has 188 valence electrons. The van der Waals surface area contributed by atoms with Crippen LogP contribution in [0.2, 0.25) is 0 Å². The predicted octanol–water partition coefficient (Wildman–Crippen LogP) is 5.97. The van der Waals surface area contributed by atoms with Crippen molar-refractivity contribution >= 4 is 26.9 Å². The number of hydrogen-bond donors (Lipinski definition) is 1. The molecule has 1 N–H and O–H groups in total. The van der Waals surface area contributed by atoms with Crippen LogP contribution in [0, 0.1) is 0 Å². The number of fused-ring (bicyclic) bond motifs is 1. The molecule has 0 saturated heterocycles.